The second kappa shape index (κ2) is 19.2. The Hall–Kier alpha value is -7.01. The van der Waals surface area contributed by atoms with Gasteiger partial charge in [0.1, 0.15) is 11.3 Å². The fourth-order valence-electron chi connectivity index (χ4n) is 12.5. The first-order chi connectivity index (χ1) is 36.5. The molecule has 5 heteroatoms. The number of benzene rings is 8. The van der Waals surface area contributed by atoms with Crippen LogP contribution in [0, 0.1) is 13.8 Å². The maximum atomic E-state index is 8.40. The summed E-state index contributed by atoms with van der Waals surface area (Å²) in [6.07, 6.45) is 4.57. The summed E-state index contributed by atoms with van der Waals surface area (Å²) in [5, 5.41) is 1.77. The highest BCUT2D eigenvalue weighted by Gasteiger charge is 2.40. The lowest BCUT2D eigenvalue weighted by atomic mass is 9.63. The van der Waals surface area contributed by atoms with Crippen LogP contribution >= 0.6 is 11.6 Å². The molecule has 392 valence electrons. The van der Waals surface area contributed by atoms with Gasteiger partial charge in [0.25, 0.3) is 0 Å². The molecule has 11 rings (SSSR count). The van der Waals surface area contributed by atoms with Crippen molar-refractivity contribution in [3.8, 4) is 11.3 Å². The number of hydrogen-bond acceptors (Lipinski definition) is 4. The van der Waals surface area contributed by atoms with Crippen LogP contribution < -0.4 is 14.7 Å². The lowest BCUT2D eigenvalue weighted by Gasteiger charge is -2.43. The Bertz CT molecular complexity index is 3550. The summed E-state index contributed by atoms with van der Waals surface area (Å²) in [5.41, 5.74) is 20.4. The van der Waals surface area contributed by atoms with E-state index in [1.165, 1.54) is 27.8 Å². The number of furan rings is 1. The molecule has 0 bridgehead atoms. The molecule has 0 unspecified atom stereocenters. The predicted molar refractivity (Wildman–Crippen MR) is 329 cm³/mol. The first-order valence-electron chi connectivity index (χ1n) is 27.9. The van der Waals surface area contributed by atoms with Gasteiger partial charge in [0.2, 0.25) is 0 Å². The van der Waals surface area contributed by atoms with Crippen molar-refractivity contribution in [2.75, 3.05) is 14.7 Å². The van der Waals surface area contributed by atoms with Crippen molar-refractivity contribution in [3.63, 3.8) is 0 Å². The molecule has 0 saturated carbocycles. The molecule has 9 aromatic rings. The third kappa shape index (κ3) is 9.56. The van der Waals surface area contributed by atoms with E-state index < -0.39 is 0 Å². The van der Waals surface area contributed by atoms with Gasteiger partial charge in [-0.1, -0.05) is 161 Å². The Balaban J connectivity index is 1.13. The van der Waals surface area contributed by atoms with Crippen molar-refractivity contribution in [1.82, 2.24) is 0 Å². The molecule has 1 aromatic heterocycles. The van der Waals surface area contributed by atoms with E-state index in [4.69, 9.17) is 16.0 Å². The first kappa shape index (κ1) is 52.1. The molecule has 0 aliphatic heterocycles. The van der Waals surface area contributed by atoms with Crippen LogP contribution in [0.1, 0.15) is 141 Å². The van der Waals surface area contributed by atoms with Gasteiger partial charge < -0.3 is 19.1 Å². The summed E-state index contributed by atoms with van der Waals surface area (Å²) in [6, 6.07) is 64.5. The maximum Gasteiger partial charge on any atom is 0.135 e. The minimum atomic E-state index is -0.240. The Kier molecular flexibility index (Phi) is 13.0. The minimum Gasteiger partial charge on any atom is -0.456 e. The van der Waals surface area contributed by atoms with Gasteiger partial charge in [-0.05, 0) is 209 Å². The van der Waals surface area contributed by atoms with Gasteiger partial charge >= 0.3 is 0 Å². The van der Waals surface area contributed by atoms with E-state index in [1.54, 1.807) is 0 Å². The topological polar surface area (TPSA) is 22.9 Å². The van der Waals surface area contributed by atoms with Gasteiger partial charge in [-0.25, -0.2) is 0 Å². The number of hydrogen-bond donors (Lipinski definition) is 0. The molecular weight excluding hydrogens is 958 g/mol. The summed E-state index contributed by atoms with van der Waals surface area (Å²) in [7, 11) is 0. The van der Waals surface area contributed by atoms with E-state index in [-0.39, 0.29) is 27.1 Å². The standard InChI is InChI=1S/C72H76ClN3O/c1-47-21-19-22-48(2)67(47)76(55-27-20-26-54(44-55)74(52-24-15-14-16-25-52)53-31-29-49(30-32-53)65-41-50-23-17-18-28-64(50)77-65)63-43-51(68(3,4)5)42-62(66(63)73)75(56-33-35-58-60(45-56)71(10,11)39-37-69(58,6)7)57-34-36-59-61(46-57)72(12,13)40-38-70(59,8)9/h14-36,41-46H,37-40H2,1-13H3. The van der Waals surface area contributed by atoms with Crippen LogP contribution in [-0.4, -0.2) is 0 Å². The molecule has 0 N–H and O–H groups in total. The zero-order chi connectivity index (χ0) is 54.4. The Morgan fingerprint density at radius 3 is 1.40 bits per heavy atom. The number of halogens is 1. The van der Waals surface area contributed by atoms with E-state index in [2.05, 4.69) is 269 Å². The maximum absolute atomic E-state index is 8.40. The van der Waals surface area contributed by atoms with Gasteiger partial charge in [-0.3, -0.25) is 0 Å². The summed E-state index contributed by atoms with van der Waals surface area (Å²) >= 11 is 8.40. The molecule has 8 aromatic carbocycles. The largest absolute Gasteiger partial charge is 0.456 e. The van der Waals surface area contributed by atoms with Crippen molar-refractivity contribution in [1.29, 1.82) is 0 Å². The summed E-state index contributed by atoms with van der Waals surface area (Å²) in [4.78, 5) is 7.26. The highest BCUT2D eigenvalue weighted by Crippen LogP contribution is 2.55. The lowest BCUT2D eigenvalue weighted by Crippen LogP contribution is -2.34. The third-order valence-electron chi connectivity index (χ3n) is 17.4. The van der Waals surface area contributed by atoms with Crippen molar-refractivity contribution in [2.45, 2.75) is 143 Å². The molecule has 77 heavy (non-hydrogen) atoms. The van der Waals surface area contributed by atoms with Gasteiger partial charge in [0.15, 0.2) is 0 Å². The van der Waals surface area contributed by atoms with Crippen LogP contribution in [0.3, 0.4) is 0 Å². The molecule has 0 atom stereocenters. The molecule has 0 radical (unpaired) electrons. The molecule has 2 aliphatic rings. The highest BCUT2D eigenvalue weighted by molar-refractivity contribution is 6.37. The summed E-state index contributed by atoms with van der Waals surface area (Å²) < 4.78 is 6.32. The fraction of sp³-hybridized carbons (Fsp3) is 0.306. The van der Waals surface area contributed by atoms with E-state index >= 15 is 0 Å². The molecule has 1 heterocycles. The summed E-state index contributed by atoms with van der Waals surface area (Å²) in [6.45, 7) is 30.8. The van der Waals surface area contributed by atoms with Crippen molar-refractivity contribution < 1.29 is 4.42 Å². The lowest BCUT2D eigenvalue weighted by molar-refractivity contribution is 0.332. The molecule has 2 aliphatic carbocycles. The van der Waals surface area contributed by atoms with E-state index in [1.807, 2.05) is 12.1 Å². The fourth-order valence-corrected chi connectivity index (χ4v) is 12.7. The van der Waals surface area contributed by atoms with Gasteiger partial charge in [0.05, 0.1) is 22.1 Å². The summed E-state index contributed by atoms with van der Waals surface area (Å²) in [5.74, 6) is 0.848. The second-order valence-electron chi connectivity index (χ2n) is 25.9. The van der Waals surface area contributed by atoms with Gasteiger partial charge in [-0.2, -0.15) is 0 Å². The van der Waals surface area contributed by atoms with Crippen molar-refractivity contribution >= 4 is 73.8 Å². The molecule has 0 fully saturated rings. The number of para-hydroxylation sites is 3. The number of aryl methyl sites for hydroxylation is 2. The first-order valence-corrected chi connectivity index (χ1v) is 28.2. The normalized spacial score (nSPS) is 16.1. The zero-order valence-corrected chi connectivity index (χ0v) is 48.5. The van der Waals surface area contributed by atoms with Gasteiger partial charge in [-0.15, -0.1) is 0 Å². The number of anilines is 9. The second-order valence-corrected chi connectivity index (χ2v) is 26.2. The Morgan fingerprint density at radius 1 is 0.416 bits per heavy atom. The average molecular weight is 1030 g/mol. The molecular formula is C72H76ClN3O. The van der Waals surface area contributed by atoms with Crippen LogP contribution in [0.4, 0.5) is 51.2 Å². The van der Waals surface area contributed by atoms with Crippen molar-refractivity contribution in [3.05, 3.63) is 220 Å². The highest BCUT2D eigenvalue weighted by atomic mass is 35.5. The minimum absolute atomic E-state index is 0.00497. The predicted octanol–water partition coefficient (Wildman–Crippen LogP) is 21.8. The average Bonchev–Trinajstić information content (AvgIpc) is 3.84. The van der Waals surface area contributed by atoms with Crippen molar-refractivity contribution in [2.24, 2.45) is 0 Å². The molecule has 4 nitrogen and oxygen atoms in total. The molecule has 0 amide bonds. The molecule has 0 spiro atoms. The SMILES string of the molecule is Cc1cccc(C)c1N(c1cccc(N(c2ccccc2)c2ccc(-c3cc4ccccc4o3)cc2)c1)c1cc(C(C)(C)C)cc(N(c2ccc3c(c2)C(C)(C)CCC3(C)C)c2ccc3c(c2)C(C)(C)CCC3(C)C)c1Cl. The number of nitrogens with zero attached hydrogens (tertiary/aromatic N) is 3. The Labute approximate surface area is 464 Å². The quantitative estimate of drug-likeness (QED) is 0.136. The Morgan fingerprint density at radius 2 is 0.857 bits per heavy atom. The van der Waals surface area contributed by atoms with E-state index in [0.717, 1.165) is 110 Å². The smallest absolute Gasteiger partial charge is 0.135 e. The van der Waals surface area contributed by atoms with Gasteiger partial charge in [0, 0.05) is 45.1 Å². The van der Waals surface area contributed by atoms with Crippen LogP contribution in [0.25, 0.3) is 22.3 Å². The number of rotatable bonds is 10. The zero-order valence-electron chi connectivity index (χ0n) is 47.7. The van der Waals surface area contributed by atoms with Crippen LogP contribution in [0.2, 0.25) is 5.02 Å². The van der Waals surface area contributed by atoms with E-state index in [9.17, 15) is 0 Å². The van der Waals surface area contributed by atoms with Crippen LogP contribution in [-0.2, 0) is 27.1 Å². The number of fused-ring (bicyclic) bond motifs is 3. The van der Waals surface area contributed by atoms with E-state index in [0.29, 0.717) is 5.02 Å². The molecule has 0 saturated heterocycles. The van der Waals surface area contributed by atoms with Crippen LogP contribution in [0.15, 0.2) is 180 Å². The monoisotopic (exact) mass is 1030 g/mol. The van der Waals surface area contributed by atoms with Crippen LogP contribution in [0.5, 0.6) is 0 Å². The third-order valence-corrected chi connectivity index (χ3v) is 17.8.